The van der Waals surface area contributed by atoms with E-state index < -0.39 is 50.8 Å². The number of rotatable bonds is 7. The number of halogens is 2. The molecule has 0 aliphatic rings. The largest absolute Gasteiger partial charge is 0.468 e. The number of carbonyl (C=O) groups is 4. The maximum Gasteiger partial charge on any atom is 0.319 e. The summed E-state index contributed by atoms with van der Waals surface area (Å²) in [5.41, 5.74) is 6.82. The molecular weight excluding hydrogens is 579 g/mol. The van der Waals surface area contributed by atoms with Crippen molar-refractivity contribution in [3.05, 3.63) is 87.8 Å². The first kappa shape index (κ1) is 30.7. The molecule has 0 aliphatic carbocycles. The molecule has 212 valence electrons. The Labute approximate surface area is 239 Å². The van der Waals surface area contributed by atoms with E-state index in [1.165, 1.54) is 24.3 Å². The van der Waals surface area contributed by atoms with Gasteiger partial charge in [-0.15, -0.1) is 0 Å². The van der Waals surface area contributed by atoms with Crippen molar-refractivity contribution in [1.82, 2.24) is 4.98 Å². The van der Waals surface area contributed by atoms with E-state index in [0.717, 1.165) is 26.5 Å². The predicted molar refractivity (Wildman–Crippen MR) is 149 cm³/mol. The zero-order valence-corrected chi connectivity index (χ0v) is 23.2. The van der Waals surface area contributed by atoms with Gasteiger partial charge in [-0.1, -0.05) is 29.5 Å². The molecule has 0 bridgehead atoms. The number of pyridine rings is 1. The molecular formula is C27H22ClFN4O7S. The fourth-order valence-corrected chi connectivity index (χ4v) is 4.94. The number of nitrogen functional groups attached to an aromatic ring is 1. The smallest absolute Gasteiger partial charge is 0.319 e. The lowest BCUT2D eigenvalue weighted by Crippen LogP contribution is -2.26. The van der Waals surface area contributed by atoms with Crippen LogP contribution in [0, 0.1) is 17.7 Å². The lowest BCUT2D eigenvalue weighted by Gasteiger charge is -2.08. The summed E-state index contributed by atoms with van der Waals surface area (Å²) in [5.74, 6) is -0.0785. The number of nitrogens with zero attached hydrogens (tertiary/aromatic N) is 2. The second kappa shape index (κ2) is 13.5. The molecule has 11 nitrogen and oxygen atoms in total. The van der Waals surface area contributed by atoms with Gasteiger partial charge in [0.1, 0.15) is 23.1 Å². The maximum atomic E-state index is 13.4. The molecule has 1 heterocycles. The third-order valence-corrected chi connectivity index (χ3v) is 7.36. The average Bonchev–Trinajstić information content (AvgIpc) is 2.94. The Morgan fingerprint density at radius 1 is 1.02 bits per heavy atom. The molecule has 0 spiro atoms. The number of hydrogen-bond donors (Lipinski definition) is 2. The number of nitrogens with two attached hydrogens (primary N) is 1. The molecule has 41 heavy (non-hydrogen) atoms. The van der Waals surface area contributed by atoms with E-state index in [1.807, 2.05) is 0 Å². The van der Waals surface area contributed by atoms with Crippen molar-refractivity contribution < 1.29 is 37.3 Å². The van der Waals surface area contributed by atoms with Crippen LogP contribution in [0.1, 0.15) is 31.8 Å². The van der Waals surface area contributed by atoms with Crippen LogP contribution >= 0.6 is 11.6 Å². The number of methoxy groups -OCH3 is 2. The monoisotopic (exact) mass is 600 g/mol. The number of anilines is 2. The highest BCUT2D eigenvalue weighted by Crippen LogP contribution is 2.20. The Balaban J connectivity index is 1.87. The van der Waals surface area contributed by atoms with Crippen LogP contribution in [0.5, 0.6) is 0 Å². The standard InChI is InChI=1S/C27H22ClFN4O7S/c1-39-23(34)14-41(38,15-24(35)40-2)33-27(37)19-11-17(25(30)31-13-19)7-6-16-4-3-5-18(10-16)26(36)32-20-8-9-22(29)21(28)12-20/h3-5,8-13H,14-15H2,1-2H3,(H2,30,31)(H,32,36). The second-order valence-electron chi connectivity index (χ2n) is 8.18. The van der Waals surface area contributed by atoms with Crippen molar-refractivity contribution in [2.75, 3.05) is 36.8 Å². The summed E-state index contributed by atoms with van der Waals surface area (Å²) in [7, 11) is -1.60. The predicted octanol–water partition coefficient (Wildman–Crippen LogP) is 3.06. The average molecular weight is 601 g/mol. The van der Waals surface area contributed by atoms with Crippen LogP contribution in [-0.2, 0) is 28.8 Å². The summed E-state index contributed by atoms with van der Waals surface area (Å²) in [6.45, 7) is 0. The second-order valence-corrected chi connectivity index (χ2v) is 10.9. The Bertz CT molecular complexity index is 1700. The molecule has 3 rings (SSSR count). The van der Waals surface area contributed by atoms with E-state index in [4.69, 9.17) is 17.3 Å². The third kappa shape index (κ3) is 8.59. The van der Waals surface area contributed by atoms with Crippen LogP contribution in [0.3, 0.4) is 0 Å². The molecule has 0 aliphatic heterocycles. The van der Waals surface area contributed by atoms with Gasteiger partial charge in [-0.05, 0) is 42.5 Å². The molecule has 2 aromatic carbocycles. The van der Waals surface area contributed by atoms with E-state index in [1.54, 1.807) is 18.2 Å². The fraction of sp³-hybridized carbons (Fsp3) is 0.148. The van der Waals surface area contributed by atoms with Crippen molar-refractivity contribution in [2.45, 2.75) is 0 Å². The Morgan fingerprint density at radius 2 is 1.71 bits per heavy atom. The van der Waals surface area contributed by atoms with Crippen LogP contribution < -0.4 is 11.1 Å². The minimum atomic E-state index is -3.71. The molecule has 3 N–H and O–H groups in total. The van der Waals surface area contributed by atoms with Crippen molar-refractivity contribution in [3.8, 4) is 11.8 Å². The quantitative estimate of drug-likeness (QED) is 0.306. The first-order valence-electron chi connectivity index (χ1n) is 11.5. The Morgan fingerprint density at radius 3 is 2.34 bits per heavy atom. The number of hydrogen-bond acceptors (Lipinski definition) is 9. The maximum absolute atomic E-state index is 13.4. The molecule has 1 aromatic heterocycles. The van der Waals surface area contributed by atoms with Gasteiger partial charge in [0.25, 0.3) is 11.8 Å². The summed E-state index contributed by atoms with van der Waals surface area (Å²) in [6, 6.07) is 11.3. The van der Waals surface area contributed by atoms with Gasteiger partial charge in [-0.25, -0.2) is 13.6 Å². The van der Waals surface area contributed by atoms with E-state index >= 15 is 0 Å². The molecule has 14 heteroatoms. The number of benzene rings is 2. The molecule has 0 saturated heterocycles. The molecule has 2 amide bonds. The van der Waals surface area contributed by atoms with Gasteiger partial charge in [0.15, 0.2) is 0 Å². The van der Waals surface area contributed by atoms with Gasteiger partial charge in [-0.2, -0.15) is 4.36 Å². The molecule has 3 aromatic rings. The highest BCUT2D eigenvalue weighted by atomic mass is 35.5. The van der Waals surface area contributed by atoms with Gasteiger partial charge in [0.2, 0.25) is 0 Å². The minimum absolute atomic E-state index is 0.0269. The number of carbonyl (C=O) groups excluding carboxylic acids is 4. The molecule has 0 radical (unpaired) electrons. The van der Waals surface area contributed by atoms with E-state index in [9.17, 15) is 27.8 Å². The Kier molecular flexibility index (Phi) is 10.1. The number of nitrogens with one attached hydrogen (secondary N) is 1. The van der Waals surface area contributed by atoms with Crippen molar-refractivity contribution in [1.29, 1.82) is 0 Å². The summed E-state index contributed by atoms with van der Waals surface area (Å²) in [4.78, 5) is 52.8. The van der Waals surface area contributed by atoms with Crippen LogP contribution in [0.4, 0.5) is 15.9 Å². The van der Waals surface area contributed by atoms with Crippen molar-refractivity contribution >= 4 is 56.6 Å². The normalized spacial score (nSPS) is 10.5. The fourth-order valence-electron chi connectivity index (χ4n) is 3.15. The zero-order chi connectivity index (χ0) is 30.2. The summed E-state index contributed by atoms with van der Waals surface area (Å²) >= 11 is 5.76. The lowest BCUT2D eigenvalue weighted by molar-refractivity contribution is -0.137. The van der Waals surface area contributed by atoms with Gasteiger partial charge in [0, 0.05) is 23.0 Å². The van der Waals surface area contributed by atoms with Gasteiger partial charge >= 0.3 is 11.9 Å². The molecule has 0 atom stereocenters. The van der Waals surface area contributed by atoms with E-state index in [0.29, 0.717) is 11.3 Å². The number of esters is 2. The third-order valence-electron chi connectivity index (χ3n) is 5.20. The highest BCUT2D eigenvalue weighted by molar-refractivity contribution is 7.95. The highest BCUT2D eigenvalue weighted by Gasteiger charge is 2.23. The van der Waals surface area contributed by atoms with E-state index in [-0.39, 0.29) is 27.5 Å². The van der Waals surface area contributed by atoms with E-state index in [2.05, 4.69) is 36.0 Å². The van der Waals surface area contributed by atoms with Crippen molar-refractivity contribution in [2.24, 2.45) is 4.36 Å². The first-order chi connectivity index (χ1) is 19.4. The molecule has 0 saturated carbocycles. The van der Waals surface area contributed by atoms with Crippen LogP contribution in [0.2, 0.25) is 5.02 Å². The van der Waals surface area contributed by atoms with Crippen molar-refractivity contribution in [3.63, 3.8) is 0 Å². The molecule has 0 fully saturated rings. The first-order valence-corrected chi connectivity index (χ1v) is 13.7. The summed E-state index contributed by atoms with van der Waals surface area (Å²) in [5, 5.41) is 2.47. The summed E-state index contributed by atoms with van der Waals surface area (Å²) < 4.78 is 39.0. The lowest BCUT2D eigenvalue weighted by atomic mass is 10.1. The summed E-state index contributed by atoms with van der Waals surface area (Å²) in [6.07, 6.45) is 1.08. The van der Waals surface area contributed by atoms with Crippen LogP contribution in [0.15, 0.2) is 59.1 Å². The zero-order valence-electron chi connectivity index (χ0n) is 21.6. The Hall–Kier alpha value is -4.80. The van der Waals surface area contributed by atoms with Gasteiger partial charge < -0.3 is 20.5 Å². The number of amides is 2. The number of ether oxygens (including phenoxy) is 2. The minimum Gasteiger partial charge on any atom is -0.468 e. The number of aromatic nitrogens is 1. The van der Waals surface area contributed by atoms with Gasteiger partial charge in [-0.3, -0.25) is 19.2 Å². The van der Waals surface area contributed by atoms with Gasteiger partial charge in [0.05, 0.1) is 40.1 Å². The molecule has 0 unspecified atom stereocenters. The topological polar surface area (TPSA) is 167 Å². The van der Waals surface area contributed by atoms with Crippen LogP contribution in [0.25, 0.3) is 0 Å². The SMILES string of the molecule is COC(=O)CS(=O)(CC(=O)OC)=NC(=O)c1cnc(N)c(C#Cc2cccc(C(=O)Nc3ccc(F)c(Cl)c3)c2)c1. The van der Waals surface area contributed by atoms with Crippen LogP contribution in [-0.4, -0.2) is 58.7 Å².